The van der Waals surface area contributed by atoms with Gasteiger partial charge in [0, 0.05) is 6.04 Å². The Bertz CT molecular complexity index is 379. The molecule has 0 heterocycles. The Hall–Kier alpha value is -1.53. The minimum absolute atomic E-state index is 0.223. The summed E-state index contributed by atoms with van der Waals surface area (Å²) in [7, 11) is 0. The first-order valence-corrected chi connectivity index (χ1v) is 5.95. The van der Waals surface area contributed by atoms with Crippen LogP contribution < -0.4 is 5.32 Å². The number of carboxylic acids is 1. The monoisotopic (exact) mass is 279 g/mol. The first-order chi connectivity index (χ1) is 8.70. The van der Waals surface area contributed by atoms with Crippen molar-refractivity contribution in [2.24, 2.45) is 11.8 Å². The predicted molar refractivity (Wildman–Crippen MR) is 61.3 cm³/mol. The lowest BCUT2D eigenvalue weighted by Crippen LogP contribution is -2.43. The van der Waals surface area contributed by atoms with Crippen LogP contribution in [0.1, 0.15) is 26.2 Å². The number of nitrogens with one attached hydrogen (secondary N) is 1. The topological polar surface area (TPSA) is 66.4 Å². The molecule has 0 aliphatic heterocycles. The van der Waals surface area contributed by atoms with Crippen LogP contribution in [0.25, 0.3) is 0 Å². The second kappa shape index (κ2) is 6.08. The first kappa shape index (κ1) is 15.5. The van der Waals surface area contributed by atoms with Gasteiger partial charge in [0.15, 0.2) is 0 Å². The van der Waals surface area contributed by atoms with Crippen LogP contribution >= 0.6 is 0 Å². The number of aliphatic carboxylic acids is 1. The molecule has 0 aromatic heterocycles. The zero-order chi connectivity index (χ0) is 14.6. The van der Waals surface area contributed by atoms with Crippen LogP contribution in [0.4, 0.5) is 13.2 Å². The van der Waals surface area contributed by atoms with E-state index in [2.05, 4.69) is 5.32 Å². The van der Waals surface area contributed by atoms with E-state index in [-0.39, 0.29) is 12.8 Å². The fraction of sp³-hybridized carbons (Fsp3) is 0.667. The summed E-state index contributed by atoms with van der Waals surface area (Å²) in [6.45, 7) is 1.25. The van der Waals surface area contributed by atoms with Crippen LogP contribution in [0.2, 0.25) is 0 Å². The molecule has 0 aromatic rings. The molecule has 1 amide bonds. The summed E-state index contributed by atoms with van der Waals surface area (Å²) < 4.78 is 36.4. The van der Waals surface area contributed by atoms with Gasteiger partial charge < -0.3 is 10.4 Å². The molecule has 2 N–H and O–H groups in total. The lowest BCUT2D eigenvalue weighted by Gasteiger charge is -2.26. The van der Waals surface area contributed by atoms with E-state index in [9.17, 15) is 22.8 Å². The average Bonchev–Trinajstić information content (AvgIpc) is 2.26. The van der Waals surface area contributed by atoms with Gasteiger partial charge in [-0.25, -0.2) is 0 Å². The Morgan fingerprint density at radius 1 is 1.32 bits per heavy atom. The second-order valence-corrected chi connectivity index (χ2v) is 4.72. The fourth-order valence-corrected chi connectivity index (χ4v) is 2.12. The number of hydrogen-bond donors (Lipinski definition) is 2. The van der Waals surface area contributed by atoms with Crippen LogP contribution in [-0.2, 0) is 9.59 Å². The molecule has 0 aromatic carbocycles. The highest BCUT2D eigenvalue weighted by Gasteiger charge is 2.36. The average molecular weight is 279 g/mol. The third kappa shape index (κ3) is 4.92. The van der Waals surface area contributed by atoms with E-state index in [4.69, 9.17) is 5.11 Å². The van der Waals surface area contributed by atoms with Crippen molar-refractivity contribution < 1.29 is 27.9 Å². The maximum atomic E-state index is 12.1. The van der Waals surface area contributed by atoms with E-state index < -0.39 is 42.4 Å². The normalized spacial score (nSPS) is 24.8. The molecule has 7 heteroatoms. The molecule has 108 valence electrons. The number of halogens is 3. The van der Waals surface area contributed by atoms with Gasteiger partial charge in [-0.2, -0.15) is 13.2 Å². The molecule has 1 aliphatic carbocycles. The molecular formula is C12H16F3NO3. The summed E-state index contributed by atoms with van der Waals surface area (Å²) in [4.78, 5) is 22.8. The summed E-state index contributed by atoms with van der Waals surface area (Å²) in [5.74, 6) is -3.41. The number of allylic oxidation sites excluding steroid dienone is 2. The summed E-state index contributed by atoms with van der Waals surface area (Å²) in [5, 5.41) is 11.2. The molecule has 1 rings (SSSR count). The van der Waals surface area contributed by atoms with Crippen molar-refractivity contribution in [2.75, 3.05) is 0 Å². The molecule has 3 unspecified atom stereocenters. The molecule has 0 saturated heterocycles. The Morgan fingerprint density at radius 3 is 2.32 bits per heavy atom. The Labute approximate surface area is 108 Å². The van der Waals surface area contributed by atoms with Gasteiger partial charge in [-0.1, -0.05) is 12.2 Å². The highest BCUT2D eigenvalue weighted by Crippen LogP contribution is 2.27. The van der Waals surface area contributed by atoms with E-state index in [0.717, 1.165) is 0 Å². The third-order valence-corrected chi connectivity index (χ3v) is 3.01. The maximum Gasteiger partial charge on any atom is 0.391 e. The highest BCUT2D eigenvalue weighted by atomic mass is 19.4. The minimum Gasteiger partial charge on any atom is -0.481 e. The molecule has 1 aliphatic rings. The van der Waals surface area contributed by atoms with Crippen molar-refractivity contribution in [3.05, 3.63) is 12.2 Å². The maximum absolute atomic E-state index is 12.1. The number of hydrogen-bond acceptors (Lipinski definition) is 2. The van der Waals surface area contributed by atoms with Crippen molar-refractivity contribution in [3.8, 4) is 0 Å². The highest BCUT2D eigenvalue weighted by molar-refractivity contribution is 5.85. The predicted octanol–water partition coefficient (Wildman–Crippen LogP) is 2.11. The van der Waals surface area contributed by atoms with E-state index >= 15 is 0 Å². The van der Waals surface area contributed by atoms with E-state index in [1.807, 2.05) is 0 Å². The van der Waals surface area contributed by atoms with Crippen LogP contribution in [0.15, 0.2) is 12.2 Å². The van der Waals surface area contributed by atoms with Crippen LogP contribution in [0.3, 0.4) is 0 Å². The molecule has 19 heavy (non-hydrogen) atoms. The second-order valence-electron chi connectivity index (χ2n) is 4.72. The summed E-state index contributed by atoms with van der Waals surface area (Å²) >= 11 is 0. The molecule has 0 radical (unpaired) electrons. The zero-order valence-corrected chi connectivity index (χ0v) is 10.4. The molecule has 0 fully saturated rings. The molecule has 0 saturated carbocycles. The number of rotatable bonds is 4. The van der Waals surface area contributed by atoms with Gasteiger partial charge in [0.05, 0.1) is 18.3 Å². The standard InChI is InChI=1S/C12H16F3NO3/c1-7(6-12(13,14)15)16-10(17)8-4-2-3-5-9(8)11(18)19/h2-3,7-9H,4-6H2,1H3,(H,16,17)(H,18,19). The molecular weight excluding hydrogens is 263 g/mol. The number of carbonyl (C=O) groups is 2. The van der Waals surface area contributed by atoms with Gasteiger partial charge in [0.1, 0.15) is 0 Å². The Morgan fingerprint density at radius 2 is 1.84 bits per heavy atom. The molecule has 3 atom stereocenters. The van der Waals surface area contributed by atoms with Gasteiger partial charge in [-0.3, -0.25) is 9.59 Å². The Kier molecular flexibility index (Phi) is 4.97. The Balaban J connectivity index is 2.61. The molecule has 0 spiro atoms. The van der Waals surface area contributed by atoms with Gasteiger partial charge in [0.25, 0.3) is 0 Å². The summed E-state index contributed by atoms with van der Waals surface area (Å²) in [5.41, 5.74) is 0. The lowest BCUT2D eigenvalue weighted by atomic mass is 9.82. The minimum atomic E-state index is -4.36. The zero-order valence-electron chi connectivity index (χ0n) is 10.4. The molecule has 0 bridgehead atoms. The van der Waals surface area contributed by atoms with Crippen molar-refractivity contribution in [2.45, 2.75) is 38.4 Å². The molecule has 4 nitrogen and oxygen atoms in total. The van der Waals surface area contributed by atoms with Crippen molar-refractivity contribution in [1.82, 2.24) is 5.32 Å². The SMILES string of the molecule is CC(CC(F)(F)F)NC(=O)C1CC=CCC1C(=O)O. The third-order valence-electron chi connectivity index (χ3n) is 3.01. The quantitative estimate of drug-likeness (QED) is 0.774. The summed E-state index contributed by atoms with van der Waals surface area (Å²) in [6.07, 6.45) is -1.67. The smallest absolute Gasteiger partial charge is 0.391 e. The van der Waals surface area contributed by atoms with Crippen LogP contribution in [0.5, 0.6) is 0 Å². The number of carboxylic acid groups (broad SMARTS) is 1. The van der Waals surface area contributed by atoms with E-state index in [1.54, 1.807) is 12.2 Å². The van der Waals surface area contributed by atoms with Crippen molar-refractivity contribution >= 4 is 11.9 Å². The van der Waals surface area contributed by atoms with Gasteiger partial charge >= 0.3 is 12.1 Å². The number of alkyl halides is 3. The lowest BCUT2D eigenvalue weighted by molar-refractivity contribution is -0.149. The van der Waals surface area contributed by atoms with Gasteiger partial charge in [-0.15, -0.1) is 0 Å². The van der Waals surface area contributed by atoms with Crippen molar-refractivity contribution in [1.29, 1.82) is 0 Å². The van der Waals surface area contributed by atoms with Crippen molar-refractivity contribution in [3.63, 3.8) is 0 Å². The fourth-order valence-electron chi connectivity index (χ4n) is 2.12. The number of carbonyl (C=O) groups excluding carboxylic acids is 1. The van der Waals surface area contributed by atoms with E-state index in [0.29, 0.717) is 0 Å². The van der Waals surface area contributed by atoms with Crippen LogP contribution in [0, 0.1) is 11.8 Å². The summed E-state index contributed by atoms with van der Waals surface area (Å²) in [6, 6.07) is -1.06. The van der Waals surface area contributed by atoms with Crippen LogP contribution in [-0.4, -0.2) is 29.2 Å². The van der Waals surface area contributed by atoms with Gasteiger partial charge in [0.2, 0.25) is 5.91 Å². The number of amides is 1. The van der Waals surface area contributed by atoms with Gasteiger partial charge in [-0.05, 0) is 19.8 Å². The van der Waals surface area contributed by atoms with E-state index in [1.165, 1.54) is 6.92 Å². The first-order valence-electron chi connectivity index (χ1n) is 5.95. The largest absolute Gasteiger partial charge is 0.481 e.